The van der Waals surface area contributed by atoms with Gasteiger partial charge in [0, 0.05) is 22.6 Å². The molecule has 0 bridgehead atoms. The van der Waals surface area contributed by atoms with Crippen LogP contribution in [0.5, 0.6) is 5.75 Å². The number of benzene rings is 1. The average molecular weight is 326 g/mol. The van der Waals surface area contributed by atoms with Crippen LogP contribution in [-0.2, 0) is 6.54 Å². The largest absolute Gasteiger partial charge is 0.508 e. The standard InChI is InChI=1S/C16H24BrNO/c1-16(2)8-6-14(7-9-16)18(3)11-12-10-13(17)4-5-15(12)19/h4-5,10,14,19H,6-9,11H2,1-3H3. The minimum Gasteiger partial charge on any atom is -0.508 e. The van der Waals surface area contributed by atoms with E-state index in [1.54, 1.807) is 6.07 Å². The molecule has 19 heavy (non-hydrogen) atoms. The predicted molar refractivity (Wildman–Crippen MR) is 83.3 cm³/mol. The van der Waals surface area contributed by atoms with Crippen LogP contribution in [0.2, 0.25) is 0 Å². The molecule has 0 atom stereocenters. The quantitative estimate of drug-likeness (QED) is 0.880. The van der Waals surface area contributed by atoms with E-state index in [4.69, 9.17) is 0 Å². The van der Waals surface area contributed by atoms with E-state index < -0.39 is 0 Å². The second-order valence-corrected chi connectivity index (χ2v) is 7.50. The van der Waals surface area contributed by atoms with E-state index in [2.05, 4.69) is 41.7 Å². The number of phenols is 1. The first-order valence-corrected chi connectivity index (χ1v) is 7.84. The van der Waals surface area contributed by atoms with Gasteiger partial charge < -0.3 is 5.11 Å². The molecule has 0 aromatic heterocycles. The number of rotatable bonds is 3. The summed E-state index contributed by atoms with van der Waals surface area (Å²) in [5.41, 5.74) is 1.51. The maximum atomic E-state index is 9.92. The van der Waals surface area contributed by atoms with Crippen molar-refractivity contribution in [3.8, 4) is 5.75 Å². The van der Waals surface area contributed by atoms with Crippen molar-refractivity contribution in [2.75, 3.05) is 7.05 Å². The first-order chi connectivity index (χ1) is 8.87. The van der Waals surface area contributed by atoms with Crippen LogP contribution in [0.1, 0.15) is 45.1 Å². The Morgan fingerprint density at radius 3 is 2.58 bits per heavy atom. The van der Waals surface area contributed by atoms with Gasteiger partial charge in [-0.1, -0.05) is 29.8 Å². The zero-order valence-corrected chi connectivity index (χ0v) is 13.7. The maximum Gasteiger partial charge on any atom is 0.120 e. The fourth-order valence-corrected chi connectivity index (χ4v) is 3.31. The summed E-state index contributed by atoms with van der Waals surface area (Å²) in [5.74, 6) is 0.395. The summed E-state index contributed by atoms with van der Waals surface area (Å²) < 4.78 is 1.03. The van der Waals surface area contributed by atoms with Crippen molar-refractivity contribution < 1.29 is 5.11 Å². The van der Waals surface area contributed by atoms with Gasteiger partial charge >= 0.3 is 0 Å². The van der Waals surface area contributed by atoms with Crippen molar-refractivity contribution in [3.63, 3.8) is 0 Å². The van der Waals surface area contributed by atoms with Crippen molar-refractivity contribution in [2.45, 2.75) is 52.1 Å². The average Bonchev–Trinajstić information content (AvgIpc) is 2.33. The number of hydrogen-bond acceptors (Lipinski definition) is 2. The van der Waals surface area contributed by atoms with E-state index in [0.717, 1.165) is 16.6 Å². The first kappa shape index (κ1) is 14.9. The summed E-state index contributed by atoms with van der Waals surface area (Å²) in [5, 5.41) is 9.92. The molecular weight excluding hydrogens is 302 g/mol. The minimum absolute atomic E-state index is 0.395. The number of halogens is 1. The Kier molecular flexibility index (Phi) is 4.57. The molecule has 106 valence electrons. The molecule has 1 aliphatic carbocycles. The molecule has 0 heterocycles. The van der Waals surface area contributed by atoms with Gasteiger partial charge in [-0.15, -0.1) is 0 Å². The minimum atomic E-state index is 0.395. The summed E-state index contributed by atoms with van der Waals surface area (Å²) >= 11 is 3.47. The molecule has 0 saturated heterocycles. The molecular formula is C16H24BrNO. The molecule has 1 saturated carbocycles. The molecule has 1 fully saturated rings. The van der Waals surface area contributed by atoms with Crippen molar-refractivity contribution in [3.05, 3.63) is 28.2 Å². The highest BCUT2D eigenvalue weighted by Crippen LogP contribution is 2.37. The van der Waals surface area contributed by atoms with Gasteiger partial charge in [-0.05, 0) is 56.3 Å². The molecule has 1 aromatic carbocycles. The number of phenolic OH excluding ortho intramolecular Hbond substituents is 1. The van der Waals surface area contributed by atoms with Crippen LogP contribution in [0.25, 0.3) is 0 Å². The second kappa shape index (κ2) is 5.84. The summed E-state index contributed by atoms with van der Waals surface area (Å²) in [4.78, 5) is 2.39. The predicted octanol–water partition coefficient (Wildman–Crippen LogP) is 4.56. The van der Waals surface area contributed by atoms with Crippen molar-refractivity contribution in [2.24, 2.45) is 5.41 Å². The van der Waals surface area contributed by atoms with Crippen molar-refractivity contribution in [1.29, 1.82) is 0 Å². The molecule has 0 unspecified atom stereocenters. The second-order valence-electron chi connectivity index (χ2n) is 6.58. The Hall–Kier alpha value is -0.540. The Bertz CT molecular complexity index is 434. The molecule has 2 nitrogen and oxygen atoms in total. The SMILES string of the molecule is CN(Cc1cc(Br)ccc1O)C1CCC(C)(C)CC1. The van der Waals surface area contributed by atoms with Gasteiger partial charge in [0.2, 0.25) is 0 Å². The Labute approximate surface area is 124 Å². The van der Waals surface area contributed by atoms with Crippen molar-refractivity contribution in [1.82, 2.24) is 4.90 Å². The lowest BCUT2D eigenvalue weighted by Gasteiger charge is -2.38. The lowest BCUT2D eigenvalue weighted by Crippen LogP contribution is -2.36. The molecule has 1 aromatic rings. The number of hydrogen-bond donors (Lipinski definition) is 1. The van der Waals surface area contributed by atoms with Crippen LogP contribution in [0.4, 0.5) is 0 Å². The number of aromatic hydroxyl groups is 1. The first-order valence-electron chi connectivity index (χ1n) is 7.05. The summed E-state index contributed by atoms with van der Waals surface area (Å²) in [6.07, 6.45) is 5.12. The Morgan fingerprint density at radius 2 is 1.95 bits per heavy atom. The highest BCUT2D eigenvalue weighted by molar-refractivity contribution is 9.10. The monoisotopic (exact) mass is 325 g/mol. The molecule has 1 N–H and O–H groups in total. The molecule has 1 aliphatic rings. The van der Waals surface area contributed by atoms with E-state index >= 15 is 0 Å². The number of nitrogens with zero attached hydrogens (tertiary/aromatic N) is 1. The van der Waals surface area contributed by atoms with Crippen LogP contribution in [0.3, 0.4) is 0 Å². The summed E-state index contributed by atoms with van der Waals surface area (Å²) in [6, 6.07) is 6.30. The zero-order valence-electron chi connectivity index (χ0n) is 12.1. The van der Waals surface area contributed by atoms with Gasteiger partial charge in [0.05, 0.1) is 0 Å². The lowest BCUT2D eigenvalue weighted by atomic mass is 9.75. The van der Waals surface area contributed by atoms with E-state index in [0.29, 0.717) is 17.2 Å². The lowest BCUT2D eigenvalue weighted by molar-refractivity contribution is 0.122. The Balaban J connectivity index is 1.98. The van der Waals surface area contributed by atoms with Gasteiger partial charge in [-0.3, -0.25) is 4.90 Å². The molecule has 0 radical (unpaired) electrons. The third-order valence-electron chi connectivity index (χ3n) is 4.39. The third-order valence-corrected chi connectivity index (χ3v) is 4.89. The molecule has 0 spiro atoms. The van der Waals surface area contributed by atoms with Gasteiger partial charge in [-0.2, -0.15) is 0 Å². The van der Waals surface area contributed by atoms with Crippen LogP contribution in [0, 0.1) is 5.41 Å². The molecule has 3 heteroatoms. The normalized spacial score (nSPS) is 19.8. The van der Waals surface area contributed by atoms with Crippen LogP contribution < -0.4 is 0 Å². The van der Waals surface area contributed by atoms with Gasteiger partial charge in [0.1, 0.15) is 5.75 Å². The van der Waals surface area contributed by atoms with Crippen LogP contribution >= 0.6 is 15.9 Å². The fraction of sp³-hybridized carbons (Fsp3) is 0.625. The molecule has 0 aliphatic heterocycles. The zero-order chi connectivity index (χ0) is 14.0. The maximum absolute atomic E-state index is 9.92. The fourth-order valence-electron chi connectivity index (χ4n) is 2.90. The smallest absolute Gasteiger partial charge is 0.120 e. The van der Waals surface area contributed by atoms with E-state index in [-0.39, 0.29) is 0 Å². The van der Waals surface area contributed by atoms with Gasteiger partial charge in [-0.25, -0.2) is 0 Å². The molecule has 0 amide bonds. The summed E-state index contributed by atoms with van der Waals surface area (Å²) in [6.45, 7) is 5.54. The highest BCUT2D eigenvalue weighted by atomic mass is 79.9. The topological polar surface area (TPSA) is 23.5 Å². The van der Waals surface area contributed by atoms with E-state index in [9.17, 15) is 5.11 Å². The summed E-state index contributed by atoms with van der Waals surface area (Å²) in [7, 11) is 2.17. The highest BCUT2D eigenvalue weighted by Gasteiger charge is 2.28. The van der Waals surface area contributed by atoms with Gasteiger partial charge in [0.15, 0.2) is 0 Å². The van der Waals surface area contributed by atoms with Crippen molar-refractivity contribution >= 4 is 15.9 Å². The van der Waals surface area contributed by atoms with E-state index in [1.807, 2.05) is 12.1 Å². The van der Waals surface area contributed by atoms with Crippen LogP contribution in [-0.4, -0.2) is 23.1 Å². The molecule has 2 rings (SSSR count). The third kappa shape index (κ3) is 3.96. The van der Waals surface area contributed by atoms with Crippen LogP contribution in [0.15, 0.2) is 22.7 Å². The van der Waals surface area contributed by atoms with E-state index in [1.165, 1.54) is 25.7 Å². The van der Waals surface area contributed by atoms with Gasteiger partial charge in [0.25, 0.3) is 0 Å². The Morgan fingerprint density at radius 1 is 1.32 bits per heavy atom.